The zero-order valence-electron chi connectivity index (χ0n) is 12.4. The first-order valence-electron chi connectivity index (χ1n) is 6.98. The molecule has 120 valence electrons. The molecule has 3 nitrogen and oxygen atoms in total. The predicted octanol–water partition coefficient (Wildman–Crippen LogP) is 0.393. The number of aliphatic hydroxyl groups excluding tert-OH is 1. The Bertz CT molecular complexity index is 542. The Balaban J connectivity index is 0.00000242. The van der Waals surface area contributed by atoms with Gasteiger partial charge in [0, 0.05) is 18.1 Å². The van der Waals surface area contributed by atoms with E-state index in [9.17, 15) is 5.11 Å². The van der Waals surface area contributed by atoms with E-state index in [4.69, 9.17) is 16.3 Å². The molecule has 5 heteroatoms. The van der Waals surface area contributed by atoms with Gasteiger partial charge in [-0.2, -0.15) is 0 Å². The van der Waals surface area contributed by atoms with Crippen LogP contribution in [-0.2, 0) is 13.2 Å². The first-order valence-corrected chi connectivity index (χ1v) is 7.36. The molecule has 0 saturated heterocycles. The normalized spacial score (nSPS) is 11.6. The van der Waals surface area contributed by atoms with Crippen LogP contribution in [0, 0.1) is 0 Å². The van der Waals surface area contributed by atoms with Gasteiger partial charge in [0.1, 0.15) is 12.4 Å². The van der Waals surface area contributed by atoms with Crippen molar-refractivity contribution in [1.82, 2.24) is 5.32 Å². The predicted molar refractivity (Wildman–Crippen MR) is 85.6 cm³/mol. The summed E-state index contributed by atoms with van der Waals surface area (Å²) in [5.41, 5.74) is 2.25. The molecule has 0 aliphatic rings. The van der Waals surface area contributed by atoms with Gasteiger partial charge in [0.2, 0.25) is 0 Å². The molecular formula is C17H20Cl2NO2-. The van der Waals surface area contributed by atoms with Crippen LogP contribution in [0.15, 0.2) is 48.5 Å². The van der Waals surface area contributed by atoms with Crippen LogP contribution in [0.3, 0.4) is 0 Å². The van der Waals surface area contributed by atoms with E-state index in [1.165, 1.54) is 0 Å². The van der Waals surface area contributed by atoms with Crippen molar-refractivity contribution < 1.29 is 22.3 Å². The summed E-state index contributed by atoms with van der Waals surface area (Å²) in [7, 11) is 0. The standard InChI is InChI=1S/C17H20ClNO2.ClH/c1-13(20)10-19-11-14-4-8-17(9-5-14)21-12-15-2-6-16(18)7-3-15;/h2-9,13,19-20H,10-12H2,1H3;1H/p-1. The largest absolute Gasteiger partial charge is 1.00 e. The summed E-state index contributed by atoms with van der Waals surface area (Å²) in [5, 5.41) is 13.1. The molecule has 0 spiro atoms. The summed E-state index contributed by atoms with van der Waals surface area (Å²) in [4.78, 5) is 0. The molecule has 0 amide bonds. The van der Waals surface area contributed by atoms with Crippen molar-refractivity contribution in [2.45, 2.75) is 26.2 Å². The molecule has 0 aliphatic carbocycles. The van der Waals surface area contributed by atoms with Gasteiger partial charge in [-0.15, -0.1) is 0 Å². The lowest BCUT2D eigenvalue weighted by Gasteiger charge is -2.09. The van der Waals surface area contributed by atoms with Crippen molar-refractivity contribution in [2.24, 2.45) is 0 Å². The lowest BCUT2D eigenvalue weighted by molar-refractivity contribution is -0.00000680. The van der Waals surface area contributed by atoms with E-state index >= 15 is 0 Å². The van der Waals surface area contributed by atoms with Crippen molar-refractivity contribution >= 4 is 11.6 Å². The van der Waals surface area contributed by atoms with Gasteiger partial charge in [-0.1, -0.05) is 35.9 Å². The Labute approximate surface area is 142 Å². The summed E-state index contributed by atoms with van der Waals surface area (Å²) in [6.07, 6.45) is -0.327. The van der Waals surface area contributed by atoms with E-state index in [2.05, 4.69) is 5.32 Å². The van der Waals surface area contributed by atoms with E-state index in [1.807, 2.05) is 48.5 Å². The number of ether oxygens (including phenoxy) is 1. The molecule has 2 aromatic carbocycles. The Hall–Kier alpha value is -1.26. The van der Waals surface area contributed by atoms with Crippen LogP contribution in [0.1, 0.15) is 18.1 Å². The molecule has 1 unspecified atom stereocenters. The Morgan fingerprint density at radius 2 is 1.64 bits per heavy atom. The fourth-order valence-electron chi connectivity index (χ4n) is 1.88. The van der Waals surface area contributed by atoms with Crippen molar-refractivity contribution in [3.8, 4) is 5.75 Å². The second kappa shape index (κ2) is 9.70. The molecule has 0 heterocycles. The van der Waals surface area contributed by atoms with Crippen LogP contribution >= 0.6 is 11.6 Å². The third-order valence-corrected chi connectivity index (χ3v) is 3.26. The highest BCUT2D eigenvalue weighted by Gasteiger charge is 1.99. The summed E-state index contributed by atoms with van der Waals surface area (Å²) in [5.74, 6) is 0.837. The van der Waals surface area contributed by atoms with Crippen LogP contribution in [-0.4, -0.2) is 17.8 Å². The smallest absolute Gasteiger partial charge is 0.119 e. The average Bonchev–Trinajstić information content (AvgIpc) is 2.48. The molecule has 0 aromatic heterocycles. The number of aliphatic hydroxyl groups is 1. The Morgan fingerprint density at radius 1 is 1.05 bits per heavy atom. The third kappa shape index (κ3) is 6.67. The molecule has 2 rings (SSSR count). The number of hydrogen-bond acceptors (Lipinski definition) is 3. The van der Waals surface area contributed by atoms with Crippen LogP contribution in [0.4, 0.5) is 0 Å². The van der Waals surface area contributed by atoms with Gasteiger partial charge >= 0.3 is 0 Å². The van der Waals surface area contributed by atoms with Gasteiger partial charge in [-0.05, 0) is 42.3 Å². The van der Waals surface area contributed by atoms with Crippen molar-refractivity contribution in [3.63, 3.8) is 0 Å². The Kier molecular flexibility index (Phi) is 8.28. The lowest BCUT2D eigenvalue weighted by Crippen LogP contribution is -3.00. The fourth-order valence-corrected chi connectivity index (χ4v) is 2.00. The molecule has 1 atom stereocenters. The van der Waals surface area contributed by atoms with Crippen LogP contribution in [0.2, 0.25) is 5.02 Å². The maximum absolute atomic E-state index is 9.18. The van der Waals surface area contributed by atoms with Crippen molar-refractivity contribution in [2.75, 3.05) is 6.54 Å². The van der Waals surface area contributed by atoms with E-state index in [0.29, 0.717) is 13.2 Å². The summed E-state index contributed by atoms with van der Waals surface area (Å²) < 4.78 is 5.73. The quantitative estimate of drug-likeness (QED) is 0.766. The van der Waals surface area contributed by atoms with Gasteiger partial charge in [-0.25, -0.2) is 0 Å². The van der Waals surface area contributed by atoms with E-state index in [-0.39, 0.29) is 18.5 Å². The van der Waals surface area contributed by atoms with Gasteiger partial charge < -0.3 is 27.6 Å². The van der Waals surface area contributed by atoms with Gasteiger partial charge in [0.15, 0.2) is 0 Å². The number of rotatable bonds is 7. The first-order chi connectivity index (χ1) is 10.1. The van der Waals surface area contributed by atoms with Crippen molar-refractivity contribution in [3.05, 3.63) is 64.7 Å². The second-order valence-corrected chi connectivity index (χ2v) is 5.48. The van der Waals surface area contributed by atoms with Crippen LogP contribution in [0.25, 0.3) is 0 Å². The lowest BCUT2D eigenvalue weighted by atomic mass is 10.2. The fraction of sp³-hybridized carbons (Fsp3) is 0.294. The van der Waals surface area contributed by atoms with E-state index < -0.39 is 0 Å². The average molecular weight is 341 g/mol. The van der Waals surface area contributed by atoms with Gasteiger partial charge in [0.05, 0.1) is 6.10 Å². The Morgan fingerprint density at radius 3 is 2.23 bits per heavy atom. The summed E-state index contributed by atoms with van der Waals surface area (Å²) in [6, 6.07) is 15.6. The maximum Gasteiger partial charge on any atom is 0.119 e. The molecule has 0 radical (unpaired) electrons. The van der Waals surface area contributed by atoms with Gasteiger partial charge in [-0.3, -0.25) is 0 Å². The topological polar surface area (TPSA) is 41.5 Å². The van der Waals surface area contributed by atoms with Crippen molar-refractivity contribution in [1.29, 1.82) is 0 Å². The highest BCUT2D eigenvalue weighted by atomic mass is 35.5. The molecule has 0 aliphatic heterocycles. The third-order valence-electron chi connectivity index (χ3n) is 3.01. The molecule has 2 aromatic rings. The van der Waals surface area contributed by atoms with Crippen LogP contribution < -0.4 is 22.5 Å². The second-order valence-electron chi connectivity index (χ2n) is 5.04. The zero-order chi connectivity index (χ0) is 15.1. The SMILES string of the molecule is CC(O)CNCc1ccc(OCc2ccc(Cl)cc2)cc1.[Cl-]. The number of nitrogens with one attached hydrogen (secondary N) is 1. The molecule has 22 heavy (non-hydrogen) atoms. The van der Waals surface area contributed by atoms with E-state index in [1.54, 1.807) is 6.92 Å². The summed E-state index contributed by atoms with van der Waals surface area (Å²) in [6.45, 7) is 3.62. The molecule has 0 saturated carbocycles. The minimum absolute atomic E-state index is 0. The molecule has 0 fully saturated rings. The maximum atomic E-state index is 9.18. The molecule has 2 N–H and O–H groups in total. The summed E-state index contributed by atoms with van der Waals surface area (Å²) >= 11 is 5.84. The number of hydrogen-bond donors (Lipinski definition) is 2. The highest BCUT2D eigenvalue weighted by molar-refractivity contribution is 6.30. The van der Waals surface area contributed by atoms with Crippen LogP contribution in [0.5, 0.6) is 5.75 Å². The molecular weight excluding hydrogens is 321 g/mol. The number of benzene rings is 2. The highest BCUT2D eigenvalue weighted by Crippen LogP contribution is 2.15. The zero-order valence-corrected chi connectivity index (χ0v) is 13.9. The first kappa shape index (κ1) is 18.8. The van der Waals surface area contributed by atoms with E-state index in [0.717, 1.165) is 28.4 Å². The number of halogens is 2. The minimum atomic E-state index is -0.327. The van der Waals surface area contributed by atoms with Gasteiger partial charge in [0.25, 0.3) is 0 Å². The monoisotopic (exact) mass is 340 g/mol. The minimum Gasteiger partial charge on any atom is -1.00 e. The molecule has 0 bridgehead atoms.